The van der Waals surface area contributed by atoms with Crippen LogP contribution in [0.4, 0.5) is 0 Å². The van der Waals surface area contributed by atoms with Crippen molar-refractivity contribution in [3.05, 3.63) is 35.9 Å². The summed E-state index contributed by atoms with van der Waals surface area (Å²) in [4.78, 5) is 16.0. The Morgan fingerprint density at radius 2 is 1.92 bits per heavy atom. The molecule has 1 aromatic rings. The van der Waals surface area contributed by atoms with Gasteiger partial charge in [0.05, 0.1) is 19.8 Å². The summed E-state index contributed by atoms with van der Waals surface area (Å²) in [5.74, 6) is 1.18. The lowest BCUT2D eigenvalue weighted by atomic mass is 10.2. The van der Waals surface area contributed by atoms with Crippen LogP contribution in [0, 0.1) is 5.92 Å². The van der Waals surface area contributed by atoms with Gasteiger partial charge in [0, 0.05) is 25.6 Å². The summed E-state index contributed by atoms with van der Waals surface area (Å²) in [7, 11) is 0. The molecule has 0 unspecified atom stereocenters. The minimum Gasteiger partial charge on any atom is -0.375 e. The lowest BCUT2D eigenvalue weighted by Crippen LogP contribution is -2.42. The van der Waals surface area contributed by atoms with Crippen molar-refractivity contribution in [1.82, 2.24) is 16.0 Å². The van der Waals surface area contributed by atoms with Gasteiger partial charge in [0.1, 0.15) is 0 Å². The van der Waals surface area contributed by atoms with Crippen LogP contribution >= 0.6 is 0 Å². The number of nitrogens with zero attached hydrogens (tertiary/aromatic N) is 1. The SMILES string of the molecule is CCNC(=NCCOCc1ccccc1)NCCNC(=O)C1CC1. The first-order valence-electron chi connectivity index (χ1n) is 8.71. The lowest BCUT2D eigenvalue weighted by Gasteiger charge is -2.12. The van der Waals surface area contributed by atoms with Gasteiger partial charge in [0.2, 0.25) is 5.91 Å². The molecule has 24 heavy (non-hydrogen) atoms. The first-order valence-corrected chi connectivity index (χ1v) is 8.71. The van der Waals surface area contributed by atoms with Crippen LogP contribution in [0.2, 0.25) is 0 Å². The van der Waals surface area contributed by atoms with E-state index in [9.17, 15) is 4.79 Å². The summed E-state index contributed by atoms with van der Waals surface area (Å²) in [6.45, 7) is 5.87. The highest BCUT2D eigenvalue weighted by molar-refractivity contribution is 5.81. The van der Waals surface area contributed by atoms with E-state index in [1.54, 1.807) is 0 Å². The Morgan fingerprint density at radius 3 is 2.62 bits per heavy atom. The van der Waals surface area contributed by atoms with E-state index in [1.807, 2.05) is 37.3 Å². The second-order valence-electron chi connectivity index (χ2n) is 5.79. The van der Waals surface area contributed by atoms with Gasteiger partial charge in [-0.2, -0.15) is 0 Å². The molecule has 0 radical (unpaired) electrons. The molecule has 3 N–H and O–H groups in total. The van der Waals surface area contributed by atoms with E-state index in [0.29, 0.717) is 32.8 Å². The highest BCUT2D eigenvalue weighted by atomic mass is 16.5. The van der Waals surface area contributed by atoms with Crippen molar-refractivity contribution in [2.24, 2.45) is 10.9 Å². The maximum Gasteiger partial charge on any atom is 0.223 e. The summed E-state index contributed by atoms with van der Waals surface area (Å²) < 4.78 is 5.62. The number of ether oxygens (including phenoxy) is 1. The molecule has 2 rings (SSSR count). The first-order chi connectivity index (χ1) is 11.8. The zero-order valence-electron chi connectivity index (χ0n) is 14.4. The fourth-order valence-corrected chi connectivity index (χ4v) is 2.18. The molecule has 1 fully saturated rings. The number of guanidine groups is 1. The number of nitrogens with one attached hydrogen (secondary N) is 3. The van der Waals surface area contributed by atoms with Crippen LogP contribution in [-0.4, -0.2) is 44.7 Å². The van der Waals surface area contributed by atoms with Gasteiger partial charge in [-0.3, -0.25) is 9.79 Å². The second-order valence-corrected chi connectivity index (χ2v) is 5.79. The van der Waals surface area contributed by atoms with Crippen LogP contribution in [0.15, 0.2) is 35.3 Å². The second kappa shape index (κ2) is 10.6. The van der Waals surface area contributed by atoms with Gasteiger partial charge in [0.15, 0.2) is 5.96 Å². The molecule has 132 valence electrons. The summed E-state index contributed by atoms with van der Waals surface area (Å²) in [6.07, 6.45) is 2.07. The van der Waals surface area contributed by atoms with Gasteiger partial charge in [-0.1, -0.05) is 30.3 Å². The molecule has 1 aliphatic rings. The van der Waals surface area contributed by atoms with Gasteiger partial charge >= 0.3 is 0 Å². The van der Waals surface area contributed by atoms with Gasteiger partial charge < -0.3 is 20.7 Å². The highest BCUT2D eigenvalue weighted by Gasteiger charge is 2.28. The molecule has 0 spiro atoms. The minimum atomic E-state index is 0.174. The normalized spacial score (nSPS) is 14.3. The molecule has 6 heteroatoms. The Hall–Kier alpha value is -2.08. The molecule has 0 bridgehead atoms. The Labute approximate surface area is 144 Å². The molecule has 0 aliphatic heterocycles. The topological polar surface area (TPSA) is 74.8 Å². The van der Waals surface area contributed by atoms with Crippen LogP contribution in [0.5, 0.6) is 0 Å². The van der Waals surface area contributed by atoms with Crippen LogP contribution in [-0.2, 0) is 16.1 Å². The number of hydrogen-bond acceptors (Lipinski definition) is 3. The largest absolute Gasteiger partial charge is 0.375 e. The third-order valence-corrected chi connectivity index (χ3v) is 3.63. The number of benzene rings is 1. The first kappa shape index (κ1) is 18.3. The van der Waals surface area contributed by atoms with Crippen molar-refractivity contribution >= 4 is 11.9 Å². The molecule has 1 amide bonds. The van der Waals surface area contributed by atoms with Crippen molar-refractivity contribution < 1.29 is 9.53 Å². The van der Waals surface area contributed by atoms with E-state index in [-0.39, 0.29) is 11.8 Å². The molecule has 0 saturated heterocycles. The maximum atomic E-state index is 11.5. The molecule has 0 aromatic heterocycles. The van der Waals surface area contributed by atoms with Gasteiger partial charge in [-0.25, -0.2) is 0 Å². The summed E-state index contributed by atoms with van der Waals surface area (Å²) in [5.41, 5.74) is 1.16. The van der Waals surface area contributed by atoms with Crippen LogP contribution in [0.25, 0.3) is 0 Å². The minimum absolute atomic E-state index is 0.174. The van der Waals surface area contributed by atoms with Crippen molar-refractivity contribution in [3.63, 3.8) is 0 Å². The lowest BCUT2D eigenvalue weighted by molar-refractivity contribution is -0.122. The maximum absolute atomic E-state index is 11.5. The third kappa shape index (κ3) is 7.46. The van der Waals surface area contributed by atoms with Crippen LogP contribution in [0.1, 0.15) is 25.3 Å². The quantitative estimate of drug-likeness (QED) is 0.343. The van der Waals surface area contributed by atoms with E-state index in [4.69, 9.17) is 4.74 Å². The third-order valence-electron chi connectivity index (χ3n) is 3.63. The highest BCUT2D eigenvalue weighted by Crippen LogP contribution is 2.28. The fraction of sp³-hybridized carbons (Fsp3) is 0.556. The van der Waals surface area contributed by atoms with E-state index < -0.39 is 0 Å². The number of amides is 1. The zero-order valence-corrected chi connectivity index (χ0v) is 14.4. The summed E-state index contributed by atoms with van der Waals surface area (Å²) >= 11 is 0. The average Bonchev–Trinajstić information content (AvgIpc) is 3.44. The summed E-state index contributed by atoms with van der Waals surface area (Å²) in [6, 6.07) is 10.1. The molecule has 1 aliphatic carbocycles. The number of rotatable bonds is 10. The van der Waals surface area contributed by atoms with E-state index >= 15 is 0 Å². The Kier molecular flexibility index (Phi) is 8.10. The Balaban J connectivity index is 1.57. The van der Waals surface area contributed by atoms with Crippen molar-refractivity contribution in [1.29, 1.82) is 0 Å². The molecule has 1 saturated carbocycles. The number of carbonyl (C=O) groups excluding carboxylic acids is 1. The predicted molar refractivity (Wildman–Crippen MR) is 95.8 cm³/mol. The Bertz CT molecular complexity index is 515. The van der Waals surface area contributed by atoms with Gasteiger partial charge in [-0.15, -0.1) is 0 Å². The van der Waals surface area contributed by atoms with Gasteiger partial charge in [0.25, 0.3) is 0 Å². The van der Waals surface area contributed by atoms with Crippen LogP contribution in [0.3, 0.4) is 0 Å². The van der Waals surface area contributed by atoms with E-state index in [2.05, 4.69) is 20.9 Å². The van der Waals surface area contributed by atoms with E-state index in [0.717, 1.165) is 30.9 Å². The van der Waals surface area contributed by atoms with Crippen LogP contribution < -0.4 is 16.0 Å². The molecule has 1 aromatic carbocycles. The fourth-order valence-electron chi connectivity index (χ4n) is 2.18. The molecule has 0 atom stereocenters. The zero-order chi connectivity index (χ0) is 17.0. The molecule has 0 heterocycles. The molecular weight excluding hydrogens is 304 g/mol. The number of hydrogen-bond donors (Lipinski definition) is 3. The van der Waals surface area contributed by atoms with E-state index in [1.165, 1.54) is 0 Å². The number of aliphatic imine (C=N–C) groups is 1. The average molecular weight is 332 g/mol. The smallest absolute Gasteiger partial charge is 0.223 e. The van der Waals surface area contributed by atoms with Crippen molar-refractivity contribution in [2.45, 2.75) is 26.4 Å². The standard InChI is InChI=1S/C18H28N4O2/c1-2-19-18(21-11-10-20-17(23)16-8-9-16)22-12-13-24-14-15-6-4-3-5-7-15/h3-7,16H,2,8-14H2,1H3,(H,20,23)(H2,19,21,22). The number of carbonyl (C=O) groups is 1. The van der Waals surface area contributed by atoms with Crippen molar-refractivity contribution in [2.75, 3.05) is 32.8 Å². The summed E-state index contributed by atoms with van der Waals surface area (Å²) in [5, 5.41) is 9.33. The Morgan fingerprint density at radius 1 is 1.17 bits per heavy atom. The molecular formula is C18H28N4O2. The van der Waals surface area contributed by atoms with Gasteiger partial charge in [-0.05, 0) is 25.3 Å². The predicted octanol–water partition coefficient (Wildman–Crippen LogP) is 1.28. The molecule has 6 nitrogen and oxygen atoms in total. The van der Waals surface area contributed by atoms with Crippen molar-refractivity contribution in [3.8, 4) is 0 Å². The monoisotopic (exact) mass is 332 g/mol.